The minimum Gasteiger partial charge on any atom is -0.480 e. The van der Waals surface area contributed by atoms with Gasteiger partial charge in [0.25, 0.3) is 5.91 Å². The van der Waals surface area contributed by atoms with Crippen LogP contribution >= 0.6 is 11.8 Å². The van der Waals surface area contributed by atoms with Crippen LogP contribution in [0.5, 0.6) is 0 Å². The van der Waals surface area contributed by atoms with Crippen molar-refractivity contribution in [2.75, 3.05) is 5.75 Å². The summed E-state index contributed by atoms with van der Waals surface area (Å²) in [5.74, 6) is -0.630. The molecule has 2 N–H and O–H groups in total. The molecule has 0 aliphatic carbocycles. The highest BCUT2D eigenvalue weighted by molar-refractivity contribution is 8.00. The van der Waals surface area contributed by atoms with Gasteiger partial charge < -0.3 is 15.3 Å². The van der Waals surface area contributed by atoms with Crippen LogP contribution in [0.2, 0.25) is 0 Å². The van der Waals surface area contributed by atoms with E-state index in [2.05, 4.69) is 5.32 Å². The smallest absolute Gasteiger partial charge is 0.327 e. The van der Waals surface area contributed by atoms with E-state index in [1.54, 1.807) is 11.8 Å². The number of nitrogens with zero attached hydrogens (tertiary/aromatic N) is 1. The van der Waals surface area contributed by atoms with Gasteiger partial charge in [-0.15, -0.1) is 11.8 Å². The monoisotopic (exact) mass is 306 g/mol. The van der Waals surface area contributed by atoms with Crippen LogP contribution in [0.4, 0.5) is 0 Å². The fourth-order valence-electron chi connectivity index (χ4n) is 2.92. The fraction of sp³-hybridized carbons (Fsp3) is 0.467. The molecule has 2 aliphatic rings. The maximum absolute atomic E-state index is 12.8. The third-order valence-corrected chi connectivity index (χ3v) is 5.50. The van der Waals surface area contributed by atoms with E-state index in [-0.39, 0.29) is 11.3 Å². The van der Waals surface area contributed by atoms with Crippen molar-refractivity contribution in [2.24, 2.45) is 0 Å². The van der Waals surface area contributed by atoms with Crippen LogP contribution in [0.3, 0.4) is 0 Å². The first-order chi connectivity index (χ1) is 10.1. The van der Waals surface area contributed by atoms with Crippen LogP contribution < -0.4 is 5.32 Å². The molecule has 6 heteroatoms. The number of hydrogen-bond acceptors (Lipinski definition) is 4. The van der Waals surface area contributed by atoms with Crippen LogP contribution in [-0.2, 0) is 17.9 Å². The summed E-state index contributed by atoms with van der Waals surface area (Å²) in [5.41, 5.74) is 2.93. The van der Waals surface area contributed by atoms with Gasteiger partial charge in [-0.1, -0.05) is 13.0 Å². The van der Waals surface area contributed by atoms with Crippen molar-refractivity contribution in [1.29, 1.82) is 0 Å². The molecule has 2 atom stereocenters. The first kappa shape index (κ1) is 14.4. The van der Waals surface area contributed by atoms with Gasteiger partial charge in [-0.05, 0) is 29.7 Å². The van der Waals surface area contributed by atoms with Crippen LogP contribution in [0.25, 0.3) is 0 Å². The molecular weight excluding hydrogens is 288 g/mol. The predicted octanol–water partition coefficient (Wildman–Crippen LogP) is 1.67. The summed E-state index contributed by atoms with van der Waals surface area (Å²) >= 11 is 1.55. The van der Waals surface area contributed by atoms with E-state index in [1.807, 2.05) is 25.1 Å². The Morgan fingerprint density at radius 2 is 2.14 bits per heavy atom. The molecule has 1 fully saturated rings. The fourth-order valence-corrected chi connectivity index (χ4v) is 4.26. The van der Waals surface area contributed by atoms with Gasteiger partial charge in [-0.3, -0.25) is 4.79 Å². The SMILES string of the molecule is CCC1SCC(C(=O)O)N1C(=O)c1ccc2c(c1)CNC2. The van der Waals surface area contributed by atoms with Gasteiger partial charge in [0.15, 0.2) is 0 Å². The van der Waals surface area contributed by atoms with Crippen molar-refractivity contribution in [2.45, 2.75) is 37.8 Å². The number of rotatable bonds is 3. The van der Waals surface area contributed by atoms with Gasteiger partial charge >= 0.3 is 5.97 Å². The molecule has 0 radical (unpaired) electrons. The number of fused-ring (bicyclic) bond motifs is 1. The number of hydrogen-bond donors (Lipinski definition) is 2. The molecule has 1 aromatic carbocycles. The van der Waals surface area contributed by atoms with Crippen molar-refractivity contribution in [1.82, 2.24) is 10.2 Å². The third-order valence-electron chi connectivity index (χ3n) is 4.05. The standard InChI is InChI=1S/C15H18N2O3S/c1-2-13-17(12(8-21-13)15(19)20)14(18)9-3-4-10-6-16-7-11(10)5-9/h3-5,12-13,16H,2,6-8H2,1H3,(H,19,20). The lowest BCUT2D eigenvalue weighted by Crippen LogP contribution is -2.45. The predicted molar refractivity (Wildman–Crippen MR) is 81.1 cm³/mol. The Balaban J connectivity index is 1.90. The molecule has 0 aromatic heterocycles. The first-order valence-electron chi connectivity index (χ1n) is 7.11. The second-order valence-electron chi connectivity index (χ2n) is 5.35. The zero-order chi connectivity index (χ0) is 15.0. The number of carboxylic acid groups (broad SMARTS) is 1. The molecule has 1 amide bonds. The highest BCUT2D eigenvalue weighted by atomic mass is 32.2. The Bertz CT molecular complexity index is 590. The van der Waals surface area contributed by atoms with Crippen LogP contribution in [0.15, 0.2) is 18.2 Å². The van der Waals surface area contributed by atoms with E-state index >= 15 is 0 Å². The Morgan fingerprint density at radius 3 is 2.86 bits per heavy atom. The van der Waals surface area contributed by atoms with Crippen LogP contribution in [0.1, 0.15) is 34.8 Å². The number of benzene rings is 1. The molecule has 0 spiro atoms. The number of nitrogens with one attached hydrogen (secondary N) is 1. The molecule has 3 rings (SSSR count). The molecule has 112 valence electrons. The maximum Gasteiger partial charge on any atom is 0.327 e. The second-order valence-corrected chi connectivity index (χ2v) is 6.56. The second kappa shape index (κ2) is 5.69. The van der Waals surface area contributed by atoms with E-state index in [0.29, 0.717) is 11.3 Å². The van der Waals surface area contributed by atoms with Gasteiger partial charge in [0, 0.05) is 24.4 Å². The van der Waals surface area contributed by atoms with E-state index in [0.717, 1.165) is 25.1 Å². The molecule has 2 heterocycles. The summed E-state index contributed by atoms with van der Waals surface area (Å²) in [6.07, 6.45) is 0.757. The summed E-state index contributed by atoms with van der Waals surface area (Å²) in [4.78, 5) is 25.7. The normalized spacial score (nSPS) is 24.1. The van der Waals surface area contributed by atoms with Crippen LogP contribution in [-0.4, -0.2) is 39.1 Å². The molecule has 0 bridgehead atoms. The average molecular weight is 306 g/mol. The van der Waals surface area contributed by atoms with Gasteiger partial charge in [0.05, 0.1) is 5.37 Å². The number of thioether (sulfide) groups is 1. The van der Waals surface area contributed by atoms with E-state index in [9.17, 15) is 14.7 Å². The molecule has 21 heavy (non-hydrogen) atoms. The molecular formula is C15H18N2O3S. The zero-order valence-electron chi connectivity index (χ0n) is 11.8. The molecule has 5 nitrogen and oxygen atoms in total. The lowest BCUT2D eigenvalue weighted by atomic mass is 10.0. The molecule has 0 saturated carbocycles. The Kier molecular flexibility index (Phi) is 3.91. The van der Waals surface area contributed by atoms with Crippen molar-refractivity contribution in [3.05, 3.63) is 34.9 Å². The summed E-state index contributed by atoms with van der Waals surface area (Å²) in [7, 11) is 0. The topological polar surface area (TPSA) is 69.6 Å². The van der Waals surface area contributed by atoms with Gasteiger partial charge in [-0.25, -0.2) is 4.79 Å². The van der Waals surface area contributed by atoms with Crippen LogP contribution in [0, 0.1) is 0 Å². The van der Waals surface area contributed by atoms with E-state index < -0.39 is 12.0 Å². The van der Waals surface area contributed by atoms with Gasteiger partial charge in [-0.2, -0.15) is 0 Å². The summed E-state index contributed by atoms with van der Waals surface area (Å²) < 4.78 is 0. The molecule has 2 unspecified atom stereocenters. The zero-order valence-corrected chi connectivity index (χ0v) is 12.7. The van der Waals surface area contributed by atoms with E-state index in [1.165, 1.54) is 10.5 Å². The number of aliphatic carboxylic acids is 1. The summed E-state index contributed by atoms with van der Waals surface area (Å²) in [6.45, 7) is 3.58. The van der Waals surface area contributed by atoms with Gasteiger partial charge in [0.2, 0.25) is 0 Å². The average Bonchev–Trinajstić information content (AvgIpc) is 3.11. The molecule has 1 aromatic rings. The first-order valence-corrected chi connectivity index (χ1v) is 8.16. The summed E-state index contributed by atoms with van der Waals surface area (Å²) in [5, 5.41) is 12.5. The highest BCUT2D eigenvalue weighted by Crippen LogP contribution is 2.33. The van der Waals surface area contributed by atoms with Crippen molar-refractivity contribution in [3.8, 4) is 0 Å². The Hall–Kier alpha value is -1.53. The quantitative estimate of drug-likeness (QED) is 0.889. The Morgan fingerprint density at radius 1 is 1.38 bits per heavy atom. The number of carbonyl (C=O) groups is 2. The highest BCUT2D eigenvalue weighted by Gasteiger charge is 2.41. The number of carbonyl (C=O) groups excluding carboxylic acids is 1. The minimum atomic E-state index is -0.922. The largest absolute Gasteiger partial charge is 0.480 e. The lowest BCUT2D eigenvalue weighted by Gasteiger charge is -2.26. The lowest BCUT2D eigenvalue weighted by molar-refractivity contribution is -0.141. The van der Waals surface area contributed by atoms with E-state index in [4.69, 9.17) is 0 Å². The Labute approximate surface area is 127 Å². The number of carboxylic acids is 1. The maximum atomic E-state index is 12.8. The third kappa shape index (κ3) is 2.53. The number of amides is 1. The van der Waals surface area contributed by atoms with Crippen molar-refractivity contribution in [3.63, 3.8) is 0 Å². The van der Waals surface area contributed by atoms with Crippen molar-refractivity contribution < 1.29 is 14.7 Å². The summed E-state index contributed by atoms with van der Waals surface area (Å²) in [6, 6.07) is 4.94. The molecule has 2 aliphatic heterocycles. The molecule has 1 saturated heterocycles. The van der Waals surface area contributed by atoms with Crippen molar-refractivity contribution >= 4 is 23.6 Å². The van der Waals surface area contributed by atoms with Gasteiger partial charge in [0.1, 0.15) is 6.04 Å². The minimum absolute atomic E-state index is 0.0509.